The van der Waals surface area contributed by atoms with Gasteiger partial charge in [-0.25, -0.2) is 0 Å². The molecule has 0 fully saturated rings. The van der Waals surface area contributed by atoms with E-state index in [1.54, 1.807) is 6.08 Å². The number of aliphatic hydroxyl groups excluding tert-OH is 1. The molecule has 0 saturated carbocycles. The average molecular weight is 261 g/mol. The summed E-state index contributed by atoms with van der Waals surface area (Å²) in [6.07, 6.45) is 4.00. The van der Waals surface area contributed by atoms with Crippen LogP contribution in [0.25, 0.3) is 0 Å². The highest BCUT2D eigenvalue weighted by Gasteiger charge is 2.18. The first-order valence-electron chi connectivity index (χ1n) is 6.52. The number of aliphatic hydroxyl groups is 1. The van der Waals surface area contributed by atoms with E-state index in [9.17, 15) is 9.90 Å². The molecule has 0 spiro atoms. The number of hydrogen-bond donors (Lipinski definition) is 2. The summed E-state index contributed by atoms with van der Waals surface area (Å²) in [6, 6.07) is 5.65. The molecule has 2 N–H and O–H groups in total. The third-order valence-corrected chi connectivity index (χ3v) is 3.21. The average Bonchev–Trinajstić information content (AvgIpc) is 2.43. The molecule has 4 heteroatoms. The first-order chi connectivity index (χ1) is 9.20. The van der Waals surface area contributed by atoms with E-state index in [0.717, 1.165) is 24.8 Å². The van der Waals surface area contributed by atoms with Crippen molar-refractivity contribution in [3.8, 4) is 5.75 Å². The molecule has 2 rings (SSSR count). The van der Waals surface area contributed by atoms with E-state index in [4.69, 9.17) is 4.74 Å². The number of amides is 1. The highest BCUT2D eigenvalue weighted by Crippen LogP contribution is 2.32. The third-order valence-electron chi connectivity index (χ3n) is 3.21. The van der Waals surface area contributed by atoms with Crippen molar-refractivity contribution in [1.29, 1.82) is 0 Å². The number of aryl methyl sites for hydroxylation is 1. The Morgan fingerprint density at radius 1 is 1.58 bits per heavy atom. The van der Waals surface area contributed by atoms with Gasteiger partial charge in [-0.1, -0.05) is 12.1 Å². The highest BCUT2D eigenvalue weighted by molar-refractivity contribution is 5.77. The van der Waals surface area contributed by atoms with Gasteiger partial charge in [0.1, 0.15) is 5.75 Å². The summed E-state index contributed by atoms with van der Waals surface area (Å²) in [4.78, 5) is 11.4. The van der Waals surface area contributed by atoms with Gasteiger partial charge in [-0.05, 0) is 42.5 Å². The molecule has 1 aliphatic carbocycles. The van der Waals surface area contributed by atoms with Gasteiger partial charge >= 0.3 is 0 Å². The lowest BCUT2D eigenvalue weighted by atomic mass is 9.89. The van der Waals surface area contributed by atoms with E-state index in [1.807, 2.05) is 18.2 Å². The lowest BCUT2D eigenvalue weighted by Gasteiger charge is -2.21. The lowest BCUT2D eigenvalue weighted by molar-refractivity contribution is -0.122. The maximum absolute atomic E-state index is 11.4. The van der Waals surface area contributed by atoms with Crippen molar-refractivity contribution in [2.75, 3.05) is 13.2 Å². The first kappa shape index (κ1) is 13.6. The Morgan fingerprint density at radius 3 is 3.21 bits per heavy atom. The topological polar surface area (TPSA) is 58.6 Å². The van der Waals surface area contributed by atoms with Crippen LogP contribution in [-0.4, -0.2) is 24.2 Å². The van der Waals surface area contributed by atoms with Crippen LogP contribution in [0.5, 0.6) is 5.75 Å². The van der Waals surface area contributed by atoms with Crippen molar-refractivity contribution in [3.05, 3.63) is 42.0 Å². The molecule has 0 bridgehead atoms. The van der Waals surface area contributed by atoms with Gasteiger partial charge in [-0.15, -0.1) is 6.58 Å². The van der Waals surface area contributed by atoms with E-state index in [1.165, 1.54) is 5.56 Å². The van der Waals surface area contributed by atoms with Crippen LogP contribution >= 0.6 is 0 Å². The molecule has 1 aliphatic rings. The molecule has 102 valence electrons. The number of fused-ring (bicyclic) bond motifs is 1. The number of nitrogens with one attached hydrogen (secondary N) is 1. The van der Waals surface area contributed by atoms with Crippen molar-refractivity contribution in [2.45, 2.75) is 25.4 Å². The quantitative estimate of drug-likeness (QED) is 0.794. The predicted octanol–water partition coefficient (Wildman–Crippen LogP) is 1.74. The van der Waals surface area contributed by atoms with Crippen LogP contribution in [-0.2, 0) is 11.2 Å². The summed E-state index contributed by atoms with van der Waals surface area (Å²) in [5.41, 5.74) is 2.09. The summed E-state index contributed by atoms with van der Waals surface area (Å²) in [6.45, 7) is 3.93. The number of carbonyl (C=O) groups is 1. The number of ether oxygens (including phenoxy) is 1. The Hall–Kier alpha value is -1.81. The van der Waals surface area contributed by atoms with Gasteiger partial charge in [-0.3, -0.25) is 4.79 Å². The minimum atomic E-state index is -0.415. The van der Waals surface area contributed by atoms with Gasteiger partial charge in [0.05, 0.1) is 6.10 Å². The van der Waals surface area contributed by atoms with E-state index >= 15 is 0 Å². The van der Waals surface area contributed by atoms with Crippen molar-refractivity contribution < 1.29 is 14.6 Å². The standard InChI is InChI=1S/C15H19NO3/c1-2-8-16-15(18)10-19-12-7-6-11-4-3-5-14(17)13(11)9-12/h2,6-7,9,14,17H,1,3-5,8,10H2,(H,16,18). The minimum absolute atomic E-state index is 0.0251. The number of carbonyl (C=O) groups excluding carboxylic acids is 1. The maximum Gasteiger partial charge on any atom is 0.258 e. The Balaban J connectivity index is 1.96. The van der Waals surface area contributed by atoms with Crippen LogP contribution in [0, 0.1) is 0 Å². The molecule has 0 aliphatic heterocycles. The van der Waals surface area contributed by atoms with Gasteiger partial charge in [0, 0.05) is 6.54 Å². The Kier molecular flexibility index (Phi) is 4.58. The van der Waals surface area contributed by atoms with Crippen molar-refractivity contribution >= 4 is 5.91 Å². The van der Waals surface area contributed by atoms with Crippen LogP contribution in [0.2, 0.25) is 0 Å². The molecule has 0 radical (unpaired) electrons. The molecular formula is C15H19NO3. The molecule has 1 unspecified atom stereocenters. The minimum Gasteiger partial charge on any atom is -0.484 e. The van der Waals surface area contributed by atoms with Gasteiger partial charge in [0.15, 0.2) is 6.61 Å². The SMILES string of the molecule is C=CCNC(=O)COc1ccc2c(c1)C(O)CCC2. The van der Waals surface area contributed by atoms with Crippen molar-refractivity contribution in [2.24, 2.45) is 0 Å². The van der Waals surface area contributed by atoms with Gasteiger partial charge < -0.3 is 15.2 Å². The number of hydrogen-bond acceptors (Lipinski definition) is 3. The Labute approximate surface area is 113 Å². The van der Waals surface area contributed by atoms with Crippen LogP contribution < -0.4 is 10.1 Å². The largest absolute Gasteiger partial charge is 0.484 e. The molecule has 19 heavy (non-hydrogen) atoms. The second-order valence-electron chi connectivity index (χ2n) is 4.65. The number of benzene rings is 1. The van der Waals surface area contributed by atoms with Crippen LogP contribution in [0.3, 0.4) is 0 Å². The fourth-order valence-corrected chi connectivity index (χ4v) is 2.23. The molecule has 4 nitrogen and oxygen atoms in total. The lowest BCUT2D eigenvalue weighted by Crippen LogP contribution is -2.28. The third kappa shape index (κ3) is 3.58. The van der Waals surface area contributed by atoms with Crippen LogP contribution in [0.1, 0.15) is 30.1 Å². The normalized spacial score (nSPS) is 17.4. The summed E-state index contributed by atoms with van der Waals surface area (Å²) in [7, 11) is 0. The molecule has 1 amide bonds. The van der Waals surface area contributed by atoms with E-state index in [-0.39, 0.29) is 12.5 Å². The fourth-order valence-electron chi connectivity index (χ4n) is 2.23. The van der Waals surface area contributed by atoms with E-state index in [2.05, 4.69) is 11.9 Å². The van der Waals surface area contributed by atoms with Crippen molar-refractivity contribution in [1.82, 2.24) is 5.32 Å². The Bertz CT molecular complexity index is 470. The number of rotatable bonds is 5. The van der Waals surface area contributed by atoms with E-state index < -0.39 is 6.10 Å². The van der Waals surface area contributed by atoms with Gasteiger partial charge in [-0.2, -0.15) is 0 Å². The monoisotopic (exact) mass is 261 g/mol. The van der Waals surface area contributed by atoms with Gasteiger partial charge in [0.25, 0.3) is 5.91 Å². The van der Waals surface area contributed by atoms with Crippen LogP contribution in [0.15, 0.2) is 30.9 Å². The summed E-state index contributed by atoms with van der Waals surface area (Å²) in [5.74, 6) is 0.437. The zero-order valence-corrected chi connectivity index (χ0v) is 10.9. The first-order valence-corrected chi connectivity index (χ1v) is 6.52. The molecule has 1 aromatic rings. The molecule has 1 aromatic carbocycles. The predicted molar refractivity (Wildman–Crippen MR) is 73.0 cm³/mol. The van der Waals surface area contributed by atoms with Crippen molar-refractivity contribution in [3.63, 3.8) is 0 Å². The molecule has 1 atom stereocenters. The maximum atomic E-state index is 11.4. The highest BCUT2D eigenvalue weighted by atomic mass is 16.5. The Morgan fingerprint density at radius 2 is 2.42 bits per heavy atom. The summed E-state index contributed by atoms with van der Waals surface area (Å²) < 4.78 is 5.42. The smallest absolute Gasteiger partial charge is 0.258 e. The molecule has 0 heterocycles. The second kappa shape index (κ2) is 6.38. The molecule has 0 saturated heterocycles. The zero-order valence-electron chi connectivity index (χ0n) is 10.9. The molecular weight excluding hydrogens is 242 g/mol. The second-order valence-corrected chi connectivity index (χ2v) is 4.65. The molecule has 0 aromatic heterocycles. The van der Waals surface area contributed by atoms with Gasteiger partial charge in [0.2, 0.25) is 0 Å². The summed E-state index contributed by atoms with van der Waals surface area (Å²) >= 11 is 0. The zero-order chi connectivity index (χ0) is 13.7. The van der Waals surface area contributed by atoms with E-state index in [0.29, 0.717) is 12.3 Å². The fraction of sp³-hybridized carbons (Fsp3) is 0.400. The summed E-state index contributed by atoms with van der Waals surface area (Å²) in [5, 5.41) is 12.6. The van der Waals surface area contributed by atoms with Crippen LogP contribution in [0.4, 0.5) is 0 Å².